The Balaban J connectivity index is 2.37. The summed E-state index contributed by atoms with van der Waals surface area (Å²) in [6.45, 7) is 6.92. The molecule has 0 bridgehead atoms. The number of sulfonamides is 1. The fourth-order valence-electron chi connectivity index (χ4n) is 3.18. The van der Waals surface area contributed by atoms with Crippen LogP contribution >= 0.6 is 0 Å². The third-order valence-corrected chi connectivity index (χ3v) is 6.56. The van der Waals surface area contributed by atoms with Gasteiger partial charge in [-0.1, -0.05) is 42.8 Å². The van der Waals surface area contributed by atoms with Gasteiger partial charge < -0.3 is 10.2 Å². The van der Waals surface area contributed by atoms with E-state index in [1.165, 1.54) is 23.1 Å². The molecule has 0 aliphatic heterocycles. The molecule has 2 rings (SSSR count). The first-order valence-electron chi connectivity index (χ1n) is 10.8. The van der Waals surface area contributed by atoms with Crippen LogP contribution in [0.5, 0.6) is 0 Å². The number of nitrogens with one attached hydrogen (secondary N) is 1. The van der Waals surface area contributed by atoms with Crippen LogP contribution < -0.4 is 9.62 Å². The average Bonchev–Trinajstić information content (AvgIpc) is 2.75. The van der Waals surface area contributed by atoms with Crippen LogP contribution in [0.4, 0.5) is 10.1 Å². The van der Waals surface area contributed by atoms with Crippen molar-refractivity contribution in [3.05, 3.63) is 65.5 Å². The van der Waals surface area contributed by atoms with Gasteiger partial charge >= 0.3 is 0 Å². The molecule has 2 amide bonds. The number of rotatable bonds is 10. The van der Waals surface area contributed by atoms with Gasteiger partial charge in [0.1, 0.15) is 18.4 Å². The van der Waals surface area contributed by atoms with E-state index in [1.807, 2.05) is 45.0 Å². The average molecular weight is 478 g/mol. The van der Waals surface area contributed by atoms with Gasteiger partial charge in [-0.15, -0.1) is 0 Å². The highest BCUT2D eigenvalue weighted by atomic mass is 32.2. The van der Waals surface area contributed by atoms with Crippen LogP contribution in [-0.2, 0) is 26.2 Å². The molecule has 0 radical (unpaired) electrons. The monoisotopic (exact) mass is 477 g/mol. The number of carbonyl (C=O) groups excluding carboxylic acids is 2. The van der Waals surface area contributed by atoms with E-state index >= 15 is 0 Å². The van der Waals surface area contributed by atoms with Crippen LogP contribution in [0.3, 0.4) is 0 Å². The first-order valence-corrected chi connectivity index (χ1v) is 12.7. The van der Waals surface area contributed by atoms with Crippen molar-refractivity contribution in [1.29, 1.82) is 0 Å². The fraction of sp³-hybridized carbons (Fsp3) is 0.417. The standard InChI is InChI=1S/C24H32FN3O4S/c1-6-18(3)26-24(30)19(4)27(15-20-12-10-17(2)11-13-20)23(29)16-28(33(5,31)32)22-9-7-8-21(25)14-22/h7-14,18-19H,6,15-16H2,1-5H3,(H,26,30)/t18-,19+/m1/s1. The molecule has 2 aromatic rings. The van der Waals surface area contributed by atoms with E-state index < -0.39 is 34.3 Å². The maximum atomic E-state index is 13.8. The maximum Gasteiger partial charge on any atom is 0.244 e. The van der Waals surface area contributed by atoms with Gasteiger partial charge in [0.25, 0.3) is 0 Å². The highest BCUT2D eigenvalue weighted by Gasteiger charge is 2.30. The molecule has 1 N–H and O–H groups in total. The van der Waals surface area contributed by atoms with Gasteiger partial charge in [-0.3, -0.25) is 13.9 Å². The van der Waals surface area contributed by atoms with E-state index in [-0.39, 0.29) is 24.2 Å². The smallest absolute Gasteiger partial charge is 0.244 e. The molecule has 0 aliphatic carbocycles. The quantitative estimate of drug-likeness (QED) is 0.569. The summed E-state index contributed by atoms with van der Waals surface area (Å²) in [4.78, 5) is 27.5. The maximum absolute atomic E-state index is 13.8. The summed E-state index contributed by atoms with van der Waals surface area (Å²) >= 11 is 0. The summed E-state index contributed by atoms with van der Waals surface area (Å²) in [5.74, 6) is -1.52. The van der Waals surface area contributed by atoms with Gasteiger partial charge in [0.05, 0.1) is 11.9 Å². The van der Waals surface area contributed by atoms with E-state index in [4.69, 9.17) is 0 Å². The van der Waals surface area contributed by atoms with Gasteiger partial charge in [0, 0.05) is 12.6 Å². The van der Waals surface area contributed by atoms with Crippen LogP contribution in [0.15, 0.2) is 48.5 Å². The lowest BCUT2D eigenvalue weighted by atomic mass is 10.1. The predicted octanol–water partition coefficient (Wildman–Crippen LogP) is 3.23. The molecule has 2 atom stereocenters. The van der Waals surface area contributed by atoms with E-state index in [2.05, 4.69) is 5.32 Å². The molecule has 0 unspecified atom stereocenters. The fourth-order valence-corrected chi connectivity index (χ4v) is 4.02. The molecule has 0 saturated heterocycles. The Bertz CT molecular complexity index is 1070. The molecule has 7 nitrogen and oxygen atoms in total. The van der Waals surface area contributed by atoms with E-state index in [1.54, 1.807) is 6.92 Å². The lowest BCUT2D eigenvalue weighted by Gasteiger charge is -2.32. The number of anilines is 1. The Morgan fingerprint density at radius 2 is 1.73 bits per heavy atom. The van der Waals surface area contributed by atoms with Crippen molar-refractivity contribution in [3.63, 3.8) is 0 Å². The summed E-state index contributed by atoms with van der Waals surface area (Å²) in [7, 11) is -3.89. The second kappa shape index (κ2) is 11.3. The number of aryl methyl sites for hydroxylation is 1. The van der Waals surface area contributed by atoms with Crippen LogP contribution in [0, 0.1) is 12.7 Å². The summed E-state index contributed by atoms with van der Waals surface area (Å²) < 4.78 is 39.5. The van der Waals surface area contributed by atoms with Crippen LogP contribution in [0.25, 0.3) is 0 Å². The minimum atomic E-state index is -3.89. The van der Waals surface area contributed by atoms with Crippen LogP contribution in [-0.4, -0.2) is 50.0 Å². The van der Waals surface area contributed by atoms with Crippen molar-refractivity contribution in [2.45, 2.75) is 52.7 Å². The zero-order valence-corrected chi connectivity index (χ0v) is 20.5. The van der Waals surface area contributed by atoms with Crippen LogP contribution in [0.2, 0.25) is 0 Å². The zero-order chi connectivity index (χ0) is 24.8. The number of carbonyl (C=O) groups is 2. The molecule has 180 valence electrons. The van der Waals surface area contributed by atoms with Gasteiger partial charge in [0.15, 0.2) is 0 Å². The van der Waals surface area contributed by atoms with Gasteiger partial charge in [-0.05, 0) is 51.0 Å². The summed E-state index contributed by atoms with van der Waals surface area (Å²) in [5, 5.41) is 2.87. The lowest BCUT2D eigenvalue weighted by Crippen LogP contribution is -2.52. The SMILES string of the molecule is CC[C@@H](C)NC(=O)[C@H](C)N(Cc1ccc(C)cc1)C(=O)CN(c1cccc(F)c1)S(C)(=O)=O. The van der Waals surface area contributed by atoms with Gasteiger partial charge in [0.2, 0.25) is 21.8 Å². The van der Waals surface area contributed by atoms with Crippen molar-refractivity contribution in [3.8, 4) is 0 Å². The summed E-state index contributed by atoms with van der Waals surface area (Å²) in [6.07, 6.45) is 1.68. The molecule has 2 aromatic carbocycles. The second-order valence-electron chi connectivity index (χ2n) is 8.25. The van der Waals surface area contributed by atoms with Gasteiger partial charge in [-0.25, -0.2) is 12.8 Å². The Morgan fingerprint density at radius 1 is 1.09 bits per heavy atom. The third kappa shape index (κ3) is 7.56. The Kier molecular flexibility index (Phi) is 8.99. The topological polar surface area (TPSA) is 86.8 Å². The van der Waals surface area contributed by atoms with E-state index in [0.29, 0.717) is 0 Å². The minimum Gasteiger partial charge on any atom is -0.352 e. The Morgan fingerprint density at radius 3 is 2.27 bits per heavy atom. The van der Waals surface area contributed by atoms with Crippen molar-refractivity contribution in [1.82, 2.24) is 10.2 Å². The molecule has 0 aliphatic rings. The number of halogens is 1. The number of amides is 2. The highest BCUT2D eigenvalue weighted by molar-refractivity contribution is 7.92. The molecule has 0 fully saturated rings. The van der Waals surface area contributed by atoms with E-state index in [9.17, 15) is 22.4 Å². The van der Waals surface area contributed by atoms with Gasteiger partial charge in [-0.2, -0.15) is 0 Å². The van der Waals surface area contributed by atoms with Crippen LogP contribution in [0.1, 0.15) is 38.3 Å². The van der Waals surface area contributed by atoms with Crippen molar-refractivity contribution < 1.29 is 22.4 Å². The molecule has 33 heavy (non-hydrogen) atoms. The lowest BCUT2D eigenvalue weighted by molar-refractivity contribution is -0.139. The third-order valence-electron chi connectivity index (χ3n) is 5.42. The summed E-state index contributed by atoms with van der Waals surface area (Å²) in [6, 6.07) is 11.6. The molecule has 0 aromatic heterocycles. The number of hydrogen-bond donors (Lipinski definition) is 1. The molecule has 9 heteroatoms. The highest BCUT2D eigenvalue weighted by Crippen LogP contribution is 2.20. The van der Waals surface area contributed by atoms with Crippen molar-refractivity contribution >= 4 is 27.5 Å². The predicted molar refractivity (Wildman–Crippen MR) is 128 cm³/mol. The largest absolute Gasteiger partial charge is 0.352 e. The number of nitrogens with zero attached hydrogens (tertiary/aromatic N) is 2. The zero-order valence-electron chi connectivity index (χ0n) is 19.7. The van der Waals surface area contributed by atoms with Crippen molar-refractivity contribution in [2.24, 2.45) is 0 Å². The molecular weight excluding hydrogens is 445 g/mol. The number of benzene rings is 2. The molecule has 0 saturated carbocycles. The Hall–Kier alpha value is -2.94. The number of hydrogen-bond acceptors (Lipinski definition) is 4. The minimum absolute atomic E-state index is 0.0397. The van der Waals surface area contributed by atoms with Crippen molar-refractivity contribution in [2.75, 3.05) is 17.1 Å². The molecule has 0 spiro atoms. The molecule has 0 heterocycles. The first kappa shape index (κ1) is 26.3. The normalized spacial score (nSPS) is 13.2. The van der Waals surface area contributed by atoms with E-state index in [0.717, 1.165) is 34.2 Å². The second-order valence-corrected chi connectivity index (χ2v) is 10.2. The molecular formula is C24H32FN3O4S. The Labute approximate surface area is 195 Å². The first-order chi connectivity index (χ1) is 15.4. The summed E-state index contributed by atoms with van der Waals surface area (Å²) in [5.41, 5.74) is 1.89.